The number of hydrogen-bond donors (Lipinski definition) is 3. The number of nitrogens with zero attached hydrogens (tertiary/aromatic N) is 2. The Kier molecular flexibility index (Phi) is 6.10. The highest BCUT2D eigenvalue weighted by Crippen LogP contribution is 2.38. The Balaban J connectivity index is 1.52. The molecule has 0 spiro atoms. The second-order valence-electron chi connectivity index (χ2n) is 7.18. The number of fused-ring (bicyclic) bond motifs is 1. The zero-order chi connectivity index (χ0) is 20.9. The summed E-state index contributed by atoms with van der Waals surface area (Å²) >= 11 is 0. The van der Waals surface area contributed by atoms with Crippen LogP contribution in [0.4, 0.5) is 21.9 Å². The van der Waals surface area contributed by atoms with Crippen molar-refractivity contribution < 1.29 is 19.0 Å². The average Bonchev–Trinajstić information content (AvgIpc) is 3.10. The molecular formula is C21H27N5O4. The highest BCUT2D eigenvalue weighted by Gasteiger charge is 2.31. The maximum atomic E-state index is 11.8. The van der Waals surface area contributed by atoms with Crippen molar-refractivity contribution in [3.8, 4) is 11.5 Å². The number of rotatable bonds is 6. The van der Waals surface area contributed by atoms with Gasteiger partial charge in [-0.1, -0.05) is 0 Å². The monoisotopic (exact) mass is 413 g/mol. The van der Waals surface area contributed by atoms with Crippen LogP contribution in [0.25, 0.3) is 0 Å². The number of nitrogen functional groups attached to an aromatic ring is 1. The Morgan fingerprint density at radius 2 is 1.90 bits per heavy atom. The smallest absolute Gasteiger partial charge is 0.409 e. The predicted molar refractivity (Wildman–Crippen MR) is 115 cm³/mol. The summed E-state index contributed by atoms with van der Waals surface area (Å²) in [6.07, 6.45) is -0.893. The summed E-state index contributed by atoms with van der Waals surface area (Å²) in [5.74, 6) is 1.41. The lowest BCUT2D eigenvalue weighted by Gasteiger charge is -2.32. The van der Waals surface area contributed by atoms with E-state index in [1.54, 1.807) is 12.1 Å². The van der Waals surface area contributed by atoms with E-state index < -0.39 is 12.4 Å². The molecule has 0 aromatic heterocycles. The van der Waals surface area contributed by atoms with Crippen molar-refractivity contribution in [2.45, 2.75) is 6.29 Å². The average molecular weight is 413 g/mol. The molecule has 9 heteroatoms. The van der Waals surface area contributed by atoms with Crippen molar-refractivity contribution in [3.05, 3.63) is 42.5 Å². The SMILES string of the molecule is COC(=O)NC1Nc2ccc(Oc3ccc(N)cc3)cc2N1CCN1CCOCC1. The molecule has 0 aliphatic carbocycles. The first-order chi connectivity index (χ1) is 14.6. The maximum absolute atomic E-state index is 11.8. The van der Waals surface area contributed by atoms with E-state index >= 15 is 0 Å². The van der Waals surface area contributed by atoms with Crippen molar-refractivity contribution in [3.63, 3.8) is 0 Å². The van der Waals surface area contributed by atoms with Gasteiger partial charge in [0.1, 0.15) is 11.5 Å². The summed E-state index contributed by atoms with van der Waals surface area (Å²) < 4.78 is 16.2. The molecule has 9 nitrogen and oxygen atoms in total. The van der Waals surface area contributed by atoms with Crippen molar-refractivity contribution in [2.75, 3.05) is 62.5 Å². The summed E-state index contributed by atoms with van der Waals surface area (Å²) in [6, 6.07) is 13.1. The van der Waals surface area contributed by atoms with Gasteiger partial charge in [0, 0.05) is 37.9 Å². The molecule has 2 aliphatic heterocycles. The fraction of sp³-hybridized carbons (Fsp3) is 0.381. The minimum absolute atomic E-state index is 0.403. The van der Waals surface area contributed by atoms with Gasteiger partial charge in [0.2, 0.25) is 0 Å². The number of carbonyl (C=O) groups excluding carboxylic acids is 1. The normalized spacial score (nSPS) is 18.4. The van der Waals surface area contributed by atoms with Crippen LogP contribution in [0.2, 0.25) is 0 Å². The number of morpholine rings is 1. The number of nitrogens with two attached hydrogens (primary N) is 1. The third-order valence-electron chi connectivity index (χ3n) is 5.20. The molecule has 1 atom stereocenters. The van der Waals surface area contributed by atoms with Crippen LogP contribution in [-0.4, -0.2) is 63.8 Å². The lowest BCUT2D eigenvalue weighted by atomic mass is 10.2. The summed E-state index contributed by atoms with van der Waals surface area (Å²) in [5, 5.41) is 6.18. The Morgan fingerprint density at radius 3 is 2.63 bits per heavy atom. The maximum Gasteiger partial charge on any atom is 0.409 e. The molecule has 0 radical (unpaired) electrons. The van der Waals surface area contributed by atoms with E-state index in [0.717, 1.165) is 50.8 Å². The predicted octanol–water partition coefficient (Wildman–Crippen LogP) is 2.26. The third kappa shape index (κ3) is 4.69. The van der Waals surface area contributed by atoms with Gasteiger partial charge >= 0.3 is 6.09 Å². The van der Waals surface area contributed by atoms with E-state index in [4.69, 9.17) is 19.9 Å². The Hall–Kier alpha value is -3.17. The quantitative estimate of drug-likeness (QED) is 0.620. The summed E-state index contributed by atoms with van der Waals surface area (Å²) in [6.45, 7) is 4.89. The van der Waals surface area contributed by atoms with Crippen LogP contribution in [0.15, 0.2) is 42.5 Å². The van der Waals surface area contributed by atoms with Gasteiger partial charge in [-0.05, 0) is 36.4 Å². The van der Waals surface area contributed by atoms with Gasteiger partial charge in [-0.25, -0.2) is 4.79 Å². The summed E-state index contributed by atoms with van der Waals surface area (Å²) in [5.41, 5.74) is 8.31. The number of alkyl carbamates (subject to hydrolysis) is 1. The largest absolute Gasteiger partial charge is 0.457 e. The van der Waals surface area contributed by atoms with Crippen LogP contribution in [0.1, 0.15) is 0 Å². The van der Waals surface area contributed by atoms with E-state index in [9.17, 15) is 4.79 Å². The van der Waals surface area contributed by atoms with Gasteiger partial charge in [-0.15, -0.1) is 0 Å². The lowest BCUT2D eigenvalue weighted by molar-refractivity contribution is 0.0390. The van der Waals surface area contributed by atoms with Crippen molar-refractivity contribution in [1.82, 2.24) is 10.2 Å². The van der Waals surface area contributed by atoms with Gasteiger partial charge in [0.05, 0.1) is 31.7 Å². The highest BCUT2D eigenvalue weighted by molar-refractivity contribution is 5.79. The van der Waals surface area contributed by atoms with E-state index in [0.29, 0.717) is 17.2 Å². The van der Waals surface area contributed by atoms with Gasteiger partial charge in [0.25, 0.3) is 0 Å². The Morgan fingerprint density at radius 1 is 1.17 bits per heavy atom. The van der Waals surface area contributed by atoms with Gasteiger partial charge in [-0.2, -0.15) is 0 Å². The van der Waals surface area contributed by atoms with Crippen molar-refractivity contribution >= 4 is 23.2 Å². The molecule has 0 saturated carbocycles. The van der Waals surface area contributed by atoms with Gasteiger partial charge < -0.3 is 30.2 Å². The Bertz CT molecular complexity index is 870. The molecule has 1 amide bonds. The molecule has 1 unspecified atom stereocenters. The number of ether oxygens (including phenoxy) is 3. The van der Waals surface area contributed by atoms with Gasteiger partial charge in [0.15, 0.2) is 6.29 Å². The number of carbonyl (C=O) groups is 1. The second-order valence-corrected chi connectivity index (χ2v) is 7.18. The molecule has 2 aliphatic rings. The van der Waals surface area contributed by atoms with E-state index in [1.807, 2.05) is 30.3 Å². The molecule has 2 aromatic rings. The molecule has 30 heavy (non-hydrogen) atoms. The van der Waals surface area contributed by atoms with E-state index in [1.165, 1.54) is 7.11 Å². The van der Waals surface area contributed by atoms with Crippen LogP contribution in [0.3, 0.4) is 0 Å². The number of amides is 1. The fourth-order valence-corrected chi connectivity index (χ4v) is 3.58. The first kappa shape index (κ1) is 20.1. The first-order valence-corrected chi connectivity index (χ1v) is 9.97. The second kappa shape index (κ2) is 9.10. The molecule has 2 aromatic carbocycles. The molecule has 1 fully saturated rings. The van der Waals surface area contributed by atoms with Crippen molar-refractivity contribution in [1.29, 1.82) is 0 Å². The van der Waals surface area contributed by atoms with Crippen LogP contribution in [-0.2, 0) is 9.47 Å². The Labute approximate surface area is 175 Å². The minimum atomic E-state index is -0.491. The number of hydrogen-bond acceptors (Lipinski definition) is 8. The summed E-state index contributed by atoms with van der Waals surface area (Å²) in [4.78, 5) is 16.3. The molecule has 1 saturated heterocycles. The van der Waals surface area contributed by atoms with E-state index in [-0.39, 0.29) is 0 Å². The lowest BCUT2D eigenvalue weighted by Crippen LogP contribution is -2.52. The van der Waals surface area contributed by atoms with Crippen LogP contribution in [0.5, 0.6) is 11.5 Å². The minimum Gasteiger partial charge on any atom is -0.457 e. The number of benzene rings is 2. The summed E-state index contributed by atoms with van der Waals surface area (Å²) in [7, 11) is 1.36. The topological polar surface area (TPSA) is 101 Å². The zero-order valence-electron chi connectivity index (χ0n) is 17.0. The number of methoxy groups -OCH3 is 1. The molecule has 4 N–H and O–H groups in total. The highest BCUT2D eigenvalue weighted by atomic mass is 16.5. The standard InChI is InChI=1S/C21H27N5O4/c1-28-21(27)24-20-23-18-7-6-17(30-16-4-2-15(22)3-5-16)14-19(18)26(20)9-8-25-10-12-29-13-11-25/h2-7,14,20,23H,8-13,22H2,1H3,(H,24,27). The molecule has 4 rings (SSSR count). The number of anilines is 3. The van der Waals surface area contributed by atoms with Gasteiger partial charge in [-0.3, -0.25) is 10.2 Å². The van der Waals surface area contributed by atoms with Crippen LogP contribution >= 0.6 is 0 Å². The van der Waals surface area contributed by atoms with Crippen LogP contribution in [0, 0.1) is 0 Å². The first-order valence-electron chi connectivity index (χ1n) is 9.97. The van der Waals surface area contributed by atoms with Crippen molar-refractivity contribution in [2.24, 2.45) is 0 Å². The van der Waals surface area contributed by atoms with E-state index in [2.05, 4.69) is 20.4 Å². The molecule has 160 valence electrons. The zero-order valence-corrected chi connectivity index (χ0v) is 17.0. The molecule has 2 heterocycles. The fourth-order valence-electron chi connectivity index (χ4n) is 3.58. The molecule has 0 bridgehead atoms. The molecular weight excluding hydrogens is 386 g/mol. The van der Waals surface area contributed by atoms with Crippen LogP contribution < -0.4 is 26.0 Å². The third-order valence-corrected chi connectivity index (χ3v) is 5.20. The number of nitrogens with one attached hydrogen (secondary N) is 2.